The van der Waals surface area contributed by atoms with Gasteiger partial charge in [0.2, 0.25) is 5.78 Å². The number of aliphatic hydroxyl groups is 3. The molecule has 4 atom stereocenters. The van der Waals surface area contributed by atoms with E-state index < -0.39 is 58.0 Å². The third-order valence-corrected chi connectivity index (χ3v) is 9.26. The van der Waals surface area contributed by atoms with Crippen molar-refractivity contribution < 1.29 is 39.6 Å². The molecule has 6 N–H and O–H groups in total. The van der Waals surface area contributed by atoms with Gasteiger partial charge in [-0.3, -0.25) is 29.0 Å². The van der Waals surface area contributed by atoms with Gasteiger partial charge in [0.15, 0.2) is 17.2 Å². The number of primary amides is 1. The maximum absolute atomic E-state index is 14.0. The molecule has 0 bridgehead atoms. The molecule has 0 heterocycles. The SMILES string of the molecule is CCN(C)CC(=O)Cc1ccc(-c2ccc(O)c3c2CC2CC4C(N(C)C)C(O)=C(C(N)=O)C(=O)C4(O)C(O)=C2C3=O)cc1. The second-order valence-electron chi connectivity index (χ2n) is 12.2. The molecule has 0 aliphatic heterocycles. The minimum absolute atomic E-state index is 0.00805. The Hall–Kier alpha value is -4.32. The predicted octanol–water partition coefficient (Wildman–Crippen LogP) is 1.85. The van der Waals surface area contributed by atoms with Gasteiger partial charge in [0.05, 0.1) is 18.2 Å². The first-order valence-corrected chi connectivity index (χ1v) is 14.5. The first-order chi connectivity index (χ1) is 20.7. The fourth-order valence-corrected chi connectivity index (χ4v) is 7.02. The summed E-state index contributed by atoms with van der Waals surface area (Å²) in [5, 5.41) is 45.0. The molecule has 44 heavy (non-hydrogen) atoms. The highest BCUT2D eigenvalue weighted by Gasteiger charge is 2.63. The van der Waals surface area contributed by atoms with Crippen molar-refractivity contribution in [3.8, 4) is 16.9 Å². The fourth-order valence-electron chi connectivity index (χ4n) is 7.02. The lowest BCUT2D eigenvalue weighted by Crippen LogP contribution is -2.63. The van der Waals surface area contributed by atoms with Crippen molar-refractivity contribution in [2.45, 2.75) is 37.8 Å². The van der Waals surface area contributed by atoms with Gasteiger partial charge in [0.25, 0.3) is 5.91 Å². The average Bonchev–Trinajstić information content (AvgIpc) is 2.95. The largest absolute Gasteiger partial charge is 0.510 e. The van der Waals surface area contributed by atoms with Crippen LogP contribution in [0.15, 0.2) is 59.1 Å². The number of nitrogens with two attached hydrogens (primary N) is 1. The minimum atomic E-state index is -2.68. The molecule has 2 aromatic carbocycles. The second-order valence-corrected chi connectivity index (χ2v) is 12.2. The van der Waals surface area contributed by atoms with Gasteiger partial charge in [-0.25, -0.2) is 0 Å². The van der Waals surface area contributed by atoms with Crippen molar-refractivity contribution in [2.24, 2.45) is 17.6 Å². The molecular formula is C33H37N3O8. The number of ketones is 3. The molecule has 232 valence electrons. The second kappa shape index (κ2) is 11.3. The molecule has 0 radical (unpaired) electrons. The molecule has 3 aliphatic carbocycles. The fraction of sp³-hybridized carbons (Fsp3) is 0.394. The zero-order valence-corrected chi connectivity index (χ0v) is 25.1. The van der Waals surface area contributed by atoms with Crippen LogP contribution < -0.4 is 5.73 Å². The summed E-state index contributed by atoms with van der Waals surface area (Å²) in [4.78, 5) is 55.4. The van der Waals surface area contributed by atoms with E-state index in [0.717, 1.165) is 17.7 Å². The summed E-state index contributed by atoms with van der Waals surface area (Å²) in [5.41, 5.74) is 4.42. The molecular weight excluding hydrogens is 566 g/mol. The van der Waals surface area contributed by atoms with Gasteiger partial charge in [0.1, 0.15) is 22.8 Å². The normalized spacial score (nSPS) is 24.8. The monoisotopic (exact) mass is 603 g/mol. The molecule has 0 fully saturated rings. The van der Waals surface area contributed by atoms with E-state index in [4.69, 9.17) is 5.73 Å². The van der Waals surface area contributed by atoms with Crippen LogP contribution in [0.25, 0.3) is 11.1 Å². The number of phenolic OH excluding ortho intramolecular Hbond substituents is 1. The van der Waals surface area contributed by atoms with E-state index in [0.29, 0.717) is 17.7 Å². The number of phenols is 1. The summed E-state index contributed by atoms with van der Waals surface area (Å²) >= 11 is 0. The Morgan fingerprint density at radius 1 is 1.02 bits per heavy atom. The van der Waals surface area contributed by atoms with Gasteiger partial charge in [0, 0.05) is 17.9 Å². The molecule has 5 rings (SSSR count). The number of benzene rings is 2. The first kappa shape index (κ1) is 31.1. The maximum atomic E-state index is 14.0. The van der Waals surface area contributed by atoms with Crippen LogP contribution >= 0.6 is 0 Å². The summed E-state index contributed by atoms with van der Waals surface area (Å²) in [6.07, 6.45) is 0.469. The van der Waals surface area contributed by atoms with Crippen molar-refractivity contribution in [3.05, 3.63) is 75.8 Å². The van der Waals surface area contributed by atoms with Gasteiger partial charge in [-0.1, -0.05) is 37.3 Å². The van der Waals surface area contributed by atoms with Gasteiger partial charge in [-0.15, -0.1) is 0 Å². The maximum Gasteiger partial charge on any atom is 0.255 e. The number of rotatable bonds is 8. The van der Waals surface area contributed by atoms with Crippen LogP contribution in [0.4, 0.5) is 0 Å². The minimum Gasteiger partial charge on any atom is -0.510 e. The zero-order valence-electron chi connectivity index (χ0n) is 25.1. The summed E-state index contributed by atoms with van der Waals surface area (Å²) in [6, 6.07) is 9.41. The summed E-state index contributed by atoms with van der Waals surface area (Å²) in [6.45, 7) is 3.10. The number of carbonyl (C=O) groups is 4. The molecule has 0 saturated heterocycles. The molecule has 0 aromatic heterocycles. The van der Waals surface area contributed by atoms with E-state index >= 15 is 0 Å². The lowest BCUT2D eigenvalue weighted by Gasteiger charge is -2.50. The molecule has 11 heteroatoms. The number of aliphatic hydroxyl groups excluding tert-OH is 2. The van der Waals surface area contributed by atoms with Crippen LogP contribution in [0.3, 0.4) is 0 Å². The number of Topliss-reactive ketones (excluding diaryl/α,β-unsaturated/α-hetero) is 3. The van der Waals surface area contributed by atoms with E-state index in [1.54, 1.807) is 20.2 Å². The molecule has 2 aromatic rings. The smallest absolute Gasteiger partial charge is 0.255 e. The quantitative estimate of drug-likeness (QED) is 0.279. The lowest BCUT2D eigenvalue weighted by atomic mass is 9.58. The summed E-state index contributed by atoms with van der Waals surface area (Å²) in [7, 11) is 5.06. The van der Waals surface area contributed by atoms with E-state index in [1.165, 1.54) is 11.0 Å². The van der Waals surface area contributed by atoms with Crippen LogP contribution in [0.1, 0.15) is 34.8 Å². The third kappa shape index (κ3) is 4.81. The van der Waals surface area contributed by atoms with Crippen LogP contribution in [-0.4, -0.2) is 99.4 Å². The first-order valence-electron chi connectivity index (χ1n) is 14.5. The number of hydrogen-bond donors (Lipinski definition) is 5. The highest BCUT2D eigenvalue weighted by molar-refractivity contribution is 6.24. The number of aromatic hydroxyl groups is 1. The Bertz CT molecular complexity index is 1640. The van der Waals surface area contributed by atoms with E-state index in [9.17, 15) is 39.6 Å². The molecule has 3 aliphatic rings. The number of hydrogen-bond acceptors (Lipinski definition) is 10. The average molecular weight is 604 g/mol. The van der Waals surface area contributed by atoms with Crippen molar-refractivity contribution in [3.63, 3.8) is 0 Å². The van der Waals surface area contributed by atoms with Crippen LogP contribution in [0.2, 0.25) is 0 Å². The van der Waals surface area contributed by atoms with Gasteiger partial charge >= 0.3 is 0 Å². The Labute approximate surface area is 254 Å². The number of allylic oxidation sites excluding steroid dienone is 1. The molecule has 4 unspecified atom stereocenters. The highest BCUT2D eigenvalue weighted by atomic mass is 16.3. The zero-order chi connectivity index (χ0) is 32.2. The summed E-state index contributed by atoms with van der Waals surface area (Å²) < 4.78 is 0. The van der Waals surface area contributed by atoms with Crippen LogP contribution in [0, 0.1) is 11.8 Å². The lowest BCUT2D eigenvalue weighted by molar-refractivity contribution is -0.148. The number of likely N-dealkylation sites (N-methyl/N-ethyl adjacent to an activating group) is 2. The third-order valence-electron chi connectivity index (χ3n) is 9.26. The molecule has 0 spiro atoms. The topological polar surface area (TPSA) is 182 Å². The van der Waals surface area contributed by atoms with Gasteiger partial charge in [-0.05, 0) is 74.8 Å². The van der Waals surface area contributed by atoms with Gasteiger partial charge < -0.3 is 26.2 Å². The van der Waals surface area contributed by atoms with E-state index in [1.807, 2.05) is 43.1 Å². The molecule has 0 saturated carbocycles. The van der Waals surface area contributed by atoms with Gasteiger partial charge in [-0.2, -0.15) is 0 Å². The van der Waals surface area contributed by atoms with Crippen molar-refractivity contribution in [2.75, 3.05) is 34.2 Å². The Kier molecular flexibility index (Phi) is 8.00. The number of fused-ring (bicyclic) bond motifs is 3. The van der Waals surface area contributed by atoms with Crippen LogP contribution in [-0.2, 0) is 27.2 Å². The standard InChI is InChI=1S/C33H37N3O8/c1-5-36(4)15-19(37)12-16-6-8-17(9-7-16)20-10-11-23(38)25-21(20)13-18-14-22-27(35(2)3)29(40)26(32(34)43)31(42)33(22,44)30(41)24(18)28(25)39/h6-11,18,22,27,38,40-41,44H,5,12-15H2,1-4H3,(H2,34,43). The van der Waals surface area contributed by atoms with E-state index in [2.05, 4.69) is 0 Å². The number of nitrogens with zero attached hydrogens (tertiary/aromatic N) is 2. The summed E-state index contributed by atoms with van der Waals surface area (Å²) in [5.74, 6) is -6.79. The Morgan fingerprint density at radius 3 is 2.27 bits per heavy atom. The number of carbonyl (C=O) groups excluding carboxylic acids is 4. The molecule has 11 nitrogen and oxygen atoms in total. The van der Waals surface area contributed by atoms with Crippen LogP contribution in [0.5, 0.6) is 5.75 Å². The highest BCUT2D eigenvalue weighted by Crippen LogP contribution is 2.53. The molecule has 1 amide bonds. The Morgan fingerprint density at radius 2 is 1.68 bits per heavy atom. The van der Waals surface area contributed by atoms with Crippen molar-refractivity contribution in [1.29, 1.82) is 0 Å². The Balaban J connectivity index is 1.56. The number of amides is 1. The predicted molar refractivity (Wildman–Crippen MR) is 161 cm³/mol. The van der Waals surface area contributed by atoms with Crippen molar-refractivity contribution in [1.82, 2.24) is 9.80 Å². The van der Waals surface area contributed by atoms with E-state index in [-0.39, 0.29) is 41.9 Å². The van der Waals surface area contributed by atoms with Crippen molar-refractivity contribution >= 4 is 23.3 Å².